The Bertz CT molecular complexity index is 1100. The molecule has 2 aromatic heterocycles. The first-order valence-corrected chi connectivity index (χ1v) is 9.63. The van der Waals surface area contributed by atoms with Crippen molar-refractivity contribution in [1.82, 2.24) is 4.98 Å². The van der Waals surface area contributed by atoms with Crippen molar-refractivity contribution in [3.8, 4) is 16.5 Å². The molecule has 0 saturated carbocycles. The molecule has 0 bridgehead atoms. The third kappa shape index (κ3) is 4.28. The number of aromatic nitrogens is 1. The van der Waals surface area contributed by atoms with Crippen LogP contribution in [0.5, 0.6) is 0 Å². The summed E-state index contributed by atoms with van der Waals surface area (Å²) in [6.07, 6.45) is 2.19. The van der Waals surface area contributed by atoms with Gasteiger partial charge in [-0.1, -0.05) is 23.7 Å². The van der Waals surface area contributed by atoms with E-state index in [-0.39, 0.29) is 12.2 Å². The highest BCUT2D eigenvalue weighted by atomic mass is 35.5. The maximum atomic E-state index is 12.0. The maximum Gasteiger partial charge on any atom is 0.259 e. The first kappa shape index (κ1) is 19.7. The average molecular weight is 410 g/mol. The summed E-state index contributed by atoms with van der Waals surface area (Å²) in [5, 5.41) is 10.4. The lowest BCUT2D eigenvalue weighted by atomic mass is 9.98. The van der Waals surface area contributed by atoms with Crippen molar-refractivity contribution >= 4 is 34.6 Å². The van der Waals surface area contributed by atoms with Gasteiger partial charge in [-0.25, -0.2) is 0 Å². The van der Waals surface area contributed by atoms with Gasteiger partial charge in [-0.3, -0.25) is 14.6 Å². The standard InChI is InChI=1S/C21H16ClN3O2S/c1-12(26)8-16-10-14(6-7-25-16)19-18(11-23)17(20(28-19)21(24)27)9-13-2-4-15(22)5-3-13/h2-7,10H,8-9H2,1H3,(H2,24,27). The number of ketones is 1. The summed E-state index contributed by atoms with van der Waals surface area (Å²) < 4.78 is 0. The third-order valence-electron chi connectivity index (χ3n) is 4.15. The number of carbonyl (C=O) groups is 2. The van der Waals surface area contributed by atoms with E-state index in [1.165, 1.54) is 18.3 Å². The second kappa shape index (κ2) is 8.34. The summed E-state index contributed by atoms with van der Waals surface area (Å²) in [6.45, 7) is 1.50. The summed E-state index contributed by atoms with van der Waals surface area (Å²) in [5.41, 5.74) is 8.86. The summed E-state index contributed by atoms with van der Waals surface area (Å²) in [4.78, 5) is 28.6. The van der Waals surface area contributed by atoms with Crippen molar-refractivity contribution < 1.29 is 9.59 Å². The number of nitrogens with zero attached hydrogens (tertiary/aromatic N) is 2. The number of rotatable bonds is 6. The molecule has 0 saturated heterocycles. The van der Waals surface area contributed by atoms with Crippen molar-refractivity contribution in [3.63, 3.8) is 0 Å². The van der Waals surface area contributed by atoms with Gasteiger partial charge in [0.2, 0.25) is 0 Å². The highest BCUT2D eigenvalue weighted by Crippen LogP contribution is 2.37. The molecule has 0 radical (unpaired) electrons. The van der Waals surface area contributed by atoms with Crippen LogP contribution in [0.2, 0.25) is 5.02 Å². The number of carbonyl (C=O) groups excluding carboxylic acids is 2. The summed E-state index contributed by atoms with van der Waals surface area (Å²) in [6, 6.07) is 13.0. The van der Waals surface area contributed by atoms with E-state index in [4.69, 9.17) is 17.3 Å². The first-order valence-electron chi connectivity index (χ1n) is 8.43. The fourth-order valence-corrected chi connectivity index (χ4v) is 4.18. The molecule has 0 fully saturated rings. The Morgan fingerprint density at radius 3 is 2.57 bits per heavy atom. The number of Topliss-reactive ketones (excluding diaryl/α,β-unsaturated/α-hetero) is 1. The van der Waals surface area contributed by atoms with Gasteiger partial charge in [0.25, 0.3) is 5.91 Å². The molecule has 0 aliphatic rings. The van der Waals surface area contributed by atoms with Gasteiger partial charge in [0.1, 0.15) is 11.9 Å². The van der Waals surface area contributed by atoms with Gasteiger partial charge in [0.15, 0.2) is 0 Å². The molecule has 0 aliphatic carbocycles. The Morgan fingerprint density at radius 1 is 1.25 bits per heavy atom. The number of halogens is 1. The number of nitrogens with two attached hydrogens (primary N) is 1. The molecule has 0 spiro atoms. The minimum absolute atomic E-state index is 0.00223. The molecule has 140 valence electrons. The zero-order chi connectivity index (χ0) is 20.3. The number of hydrogen-bond donors (Lipinski definition) is 1. The number of pyridine rings is 1. The Kier molecular flexibility index (Phi) is 5.88. The molecule has 28 heavy (non-hydrogen) atoms. The summed E-state index contributed by atoms with van der Waals surface area (Å²) in [5.74, 6) is -0.577. The normalized spacial score (nSPS) is 10.5. The minimum atomic E-state index is -0.574. The Labute approximate surface area is 171 Å². The second-order valence-electron chi connectivity index (χ2n) is 6.31. The van der Waals surface area contributed by atoms with Crippen LogP contribution in [0.4, 0.5) is 0 Å². The van der Waals surface area contributed by atoms with Crippen LogP contribution in [-0.4, -0.2) is 16.7 Å². The first-order chi connectivity index (χ1) is 13.4. The van der Waals surface area contributed by atoms with Crippen LogP contribution < -0.4 is 5.73 Å². The second-order valence-corrected chi connectivity index (χ2v) is 7.76. The van der Waals surface area contributed by atoms with Crippen molar-refractivity contribution in [2.24, 2.45) is 5.73 Å². The number of thiophene rings is 1. The fraction of sp³-hybridized carbons (Fsp3) is 0.143. The number of hydrogen-bond acceptors (Lipinski definition) is 5. The lowest BCUT2D eigenvalue weighted by Gasteiger charge is -2.04. The largest absolute Gasteiger partial charge is 0.365 e. The molecule has 0 atom stereocenters. The van der Waals surface area contributed by atoms with Crippen LogP contribution in [0.3, 0.4) is 0 Å². The molecular formula is C21H16ClN3O2S. The average Bonchev–Trinajstić information content (AvgIpc) is 3.02. The Balaban J connectivity index is 2.11. The van der Waals surface area contributed by atoms with Crippen LogP contribution in [-0.2, 0) is 17.6 Å². The van der Waals surface area contributed by atoms with Crippen molar-refractivity contribution in [2.75, 3.05) is 0 Å². The highest BCUT2D eigenvalue weighted by molar-refractivity contribution is 7.17. The van der Waals surface area contributed by atoms with E-state index in [1.807, 2.05) is 12.1 Å². The summed E-state index contributed by atoms with van der Waals surface area (Å²) in [7, 11) is 0. The van der Waals surface area contributed by atoms with E-state index in [1.54, 1.807) is 30.5 Å². The number of nitriles is 1. The molecular weight excluding hydrogens is 394 g/mol. The Hall–Kier alpha value is -3.01. The quantitative estimate of drug-likeness (QED) is 0.661. The molecule has 1 amide bonds. The van der Waals surface area contributed by atoms with Crippen LogP contribution in [0.15, 0.2) is 42.6 Å². The molecule has 7 heteroatoms. The van der Waals surface area contributed by atoms with Gasteiger partial charge in [0, 0.05) is 29.8 Å². The van der Waals surface area contributed by atoms with Gasteiger partial charge in [-0.15, -0.1) is 11.3 Å². The molecule has 0 aliphatic heterocycles. The van der Waals surface area contributed by atoms with Gasteiger partial charge in [0.05, 0.1) is 15.3 Å². The Morgan fingerprint density at radius 2 is 1.96 bits per heavy atom. The van der Waals surface area contributed by atoms with E-state index in [9.17, 15) is 14.9 Å². The third-order valence-corrected chi connectivity index (χ3v) is 5.69. The van der Waals surface area contributed by atoms with Crippen LogP contribution >= 0.6 is 22.9 Å². The monoisotopic (exact) mass is 409 g/mol. The van der Waals surface area contributed by atoms with E-state index < -0.39 is 5.91 Å². The molecule has 2 N–H and O–H groups in total. The van der Waals surface area contributed by atoms with Gasteiger partial charge in [-0.2, -0.15) is 5.26 Å². The lowest BCUT2D eigenvalue weighted by Crippen LogP contribution is -2.11. The van der Waals surface area contributed by atoms with Crippen LogP contribution in [0.1, 0.15) is 39.0 Å². The zero-order valence-electron chi connectivity index (χ0n) is 15.0. The van der Waals surface area contributed by atoms with Crippen molar-refractivity contribution in [3.05, 3.63) is 74.9 Å². The molecule has 3 aromatic rings. The topological polar surface area (TPSA) is 96.8 Å². The lowest BCUT2D eigenvalue weighted by molar-refractivity contribution is -0.116. The predicted molar refractivity (Wildman–Crippen MR) is 109 cm³/mol. The van der Waals surface area contributed by atoms with Gasteiger partial charge in [-0.05, 0) is 47.9 Å². The van der Waals surface area contributed by atoms with E-state index in [0.717, 1.165) is 11.1 Å². The SMILES string of the molecule is CC(=O)Cc1cc(-c2sc(C(N)=O)c(Cc3ccc(Cl)cc3)c2C#N)ccn1. The highest BCUT2D eigenvalue weighted by Gasteiger charge is 2.23. The summed E-state index contributed by atoms with van der Waals surface area (Å²) >= 11 is 7.12. The van der Waals surface area contributed by atoms with Crippen molar-refractivity contribution in [2.45, 2.75) is 19.8 Å². The molecule has 1 aromatic carbocycles. The zero-order valence-corrected chi connectivity index (χ0v) is 16.6. The number of primary amides is 1. The van der Waals surface area contributed by atoms with Gasteiger partial charge < -0.3 is 5.73 Å². The molecule has 0 unspecified atom stereocenters. The van der Waals surface area contributed by atoms with E-state index in [0.29, 0.717) is 38.0 Å². The van der Waals surface area contributed by atoms with E-state index in [2.05, 4.69) is 11.1 Å². The predicted octanol–water partition coefficient (Wildman–Crippen LogP) is 4.16. The number of benzene rings is 1. The molecule has 2 heterocycles. The van der Waals surface area contributed by atoms with Gasteiger partial charge >= 0.3 is 0 Å². The minimum Gasteiger partial charge on any atom is -0.365 e. The van der Waals surface area contributed by atoms with E-state index >= 15 is 0 Å². The van der Waals surface area contributed by atoms with Crippen molar-refractivity contribution in [1.29, 1.82) is 5.26 Å². The maximum absolute atomic E-state index is 12.0. The van der Waals surface area contributed by atoms with Crippen LogP contribution in [0.25, 0.3) is 10.4 Å². The molecule has 3 rings (SSSR count). The fourth-order valence-electron chi connectivity index (χ4n) is 2.93. The number of amides is 1. The smallest absolute Gasteiger partial charge is 0.259 e. The van der Waals surface area contributed by atoms with Crippen LogP contribution in [0, 0.1) is 11.3 Å². The molecule has 5 nitrogen and oxygen atoms in total.